The standard InChI is InChI=1S/C35H62N2/c1-3-5-7-9-11-13-14-15-16-18-20-25-29-35-36(30-26-21-19-17-12-10-8-6-4-2)31-32-37(35)33-34-27-23-22-24-28-34/h22-24,27-28,31-32,35H,3-21,25-26,29-30,33H2,1-2H3. The summed E-state index contributed by atoms with van der Waals surface area (Å²) in [5.41, 5.74) is 1.43. The molecule has 2 heteroatoms. The number of rotatable bonds is 25. The molecule has 37 heavy (non-hydrogen) atoms. The Labute approximate surface area is 232 Å². The van der Waals surface area contributed by atoms with E-state index < -0.39 is 0 Å². The normalized spacial score (nSPS) is 15.2. The van der Waals surface area contributed by atoms with Gasteiger partial charge in [0.25, 0.3) is 0 Å². The zero-order valence-electron chi connectivity index (χ0n) is 25.0. The molecule has 0 saturated heterocycles. The van der Waals surface area contributed by atoms with Crippen LogP contribution in [-0.2, 0) is 6.54 Å². The first-order chi connectivity index (χ1) is 18.3. The first-order valence-corrected chi connectivity index (χ1v) is 16.6. The Bertz CT molecular complexity index is 640. The van der Waals surface area contributed by atoms with E-state index in [9.17, 15) is 0 Å². The topological polar surface area (TPSA) is 6.48 Å². The van der Waals surface area contributed by atoms with Crippen LogP contribution in [-0.4, -0.2) is 22.5 Å². The third-order valence-electron chi connectivity index (χ3n) is 8.26. The van der Waals surface area contributed by atoms with Gasteiger partial charge in [-0.2, -0.15) is 0 Å². The summed E-state index contributed by atoms with van der Waals surface area (Å²) in [6, 6.07) is 11.0. The van der Waals surface area contributed by atoms with Crippen LogP contribution in [0.15, 0.2) is 42.7 Å². The Morgan fingerprint density at radius 3 is 1.43 bits per heavy atom. The van der Waals surface area contributed by atoms with Crippen LogP contribution in [0.1, 0.15) is 161 Å². The van der Waals surface area contributed by atoms with Gasteiger partial charge < -0.3 is 9.80 Å². The number of benzene rings is 1. The maximum absolute atomic E-state index is 2.66. The van der Waals surface area contributed by atoms with Gasteiger partial charge >= 0.3 is 0 Å². The molecule has 0 N–H and O–H groups in total. The van der Waals surface area contributed by atoms with E-state index in [-0.39, 0.29) is 0 Å². The molecule has 2 rings (SSSR count). The predicted molar refractivity (Wildman–Crippen MR) is 165 cm³/mol. The summed E-state index contributed by atoms with van der Waals surface area (Å²) in [4.78, 5) is 5.25. The van der Waals surface area contributed by atoms with Crippen LogP contribution in [0.25, 0.3) is 0 Å². The summed E-state index contributed by atoms with van der Waals surface area (Å²) in [5, 5.41) is 0. The molecule has 2 nitrogen and oxygen atoms in total. The van der Waals surface area contributed by atoms with Gasteiger partial charge in [-0.3, -0.25) is 0 Å². The van der Waals surface area contributed by atoms with Gasteiger partial charge in [-0.05, 0) is 24.8 Å². The van der Waals surface area contributed by atoms with Crippen LogP contribution in [0.4, 0.5) is 0 Å². The average molecular weight is 511 g/mol. The summed E-state index contributed by atoms with van der Waals surface area (Å²) in [7, 11) is 0. The molecule has 1 aliphatic heterocycles. The van der Waals surface area contributed by atoms with Gasteiger partial charge in [0.1, 0.15) is 6.17 Å². The number of nitrogens with zero attached hydrogens (tertiary/aromatic N) is 2. The smallest absolute Gasteiger partial charge is 0.101 e. The number of hydrogen-bond donors (Lipinski definition) is 0. The maximum atomic E-state index is 2.66. The molecule has 1 heterocycles. The van der Waals surface area contributed by atoms with Crippen molar-refractivity contribution in [2.24, 2.45) is 0 Å². The quantitative estimate of drug-likeness (QED) is 0.121. The van der Waals surface area contributed by atoms with E-state index >= 15 is 0 Å². The Kier molecular flexibility index (Phi) is 19.4. The Balaban J connectivity index is 1.62. The van der Waals surface area contributed by atoms with Gasteiger partial charge in [-0.1, -0.05) is 166 Å². The highest BCUT2D eigenvalue weighted by molar-refractivity contribution is 5.16. The second-order valence-electron chi connectivity index (χ2n) is 11.7. The zero-order valence-corrected chi connectivity index (χ0v) is 25.0. The van der Waals surface area contributed by atoms with Gasteiger partial charge in [0.2, 0.25) is 0 Å². The van der Waals surface area contributed by atoms with Crippen molar-refractivity contribution in [3.05, 3.63) is 48.3 Å². The molecule has 1 atom stereocenters. The molecular weight excluding hydrogens is 448 g/mol. The molecule has 0 spiro atoms. The molecule has 0 fully saturated rings. The Morgan fingerprint density at radius 1 is 0.486 bits per heavy atom. The van der Waals surface area contributed by atoms with Crippen molar-refractivity contribution in [2.75, 3.05) is 6.54 Å². The van der Waals surface area contributed by atoms with E-state index in [2.05, 4.69) is 66.4 Å². The highest BCUT2D eigenvalue weighted by Gasteiger charge is 2.25. The minimum absolute atomic E-state index is 0.553. The van der Waals surface area contributed by atoms with Crippen LogP contribution >= 0.6 is 0 Å². The monoisotopic (exact) mass is 510 g/mol. The van der Waals surface area contributed by atoms with E-state index in [1.165, 1.54) is 153 Å². The molecule has 1 aromatic rings. The minimum atomic E-state index is 0.553. The second-order valence-corrected chi connectivity index (χ2v) is 11.7. The van der Waals surface area contributed by atoms with Crippen LogP contribution in [0.3, 0.4) is 0 Å². The third kappa shape index (κ3) is 15.5. The zero-order chi connectivity index (χ0) is 26.2. The van der Waals surface area contributed by atoms with Crippen LogP contribution < -0.4 is 0 Å². The largest absolute Gasteiger partial charge is 0.356 e. The van der Waals surface area contributed by atoms with Crippen LogP contribution in [0.5, 0.6) is 0 Å². The van der Waals surface area contributed by atoms with Crippen LogP contribution in [0, 0.1) is 0 Å². The van der Waals surface area contributed by atoms with Gasteiger partial charge in [-0.15, -0.1) is 0 Å². The fourth-order valence-electron chi connectivity index (χ4n) is 5.84. The molecular formula is C35H62N2. The molecule has 0 amide bonds. The lowest BCUT2D eigenvalue weighted by atomic mass is 10.0. The van der Waals surface area contributed by atoms with Crippen molar-refractivity contribution < 1.29 is 0 Å². The van der Waals surface area contributed by atoms with Gasteiger partial charge in [0.15, 0.2) is 0 Å². The summed E-state index contributed by atoms with van der Waals surface area (Å²) in [5.74, 6) is 0. The second kappa shape index (κ2) is 22.5. The lowest BCUT2D eigenvalue weighted by Gasteiger charge is -2.33. The van der Waals surface area contributed by atoms with Gasteiger partial charge in [0, 0.05) is 25.5 Å². The summed E-state index contributed by atoms with van der Waals surface area (Å²) in [6.07, 6.45) is 36.4. The number of unbranched alkanes of at least 4 members (excludes halogenated alkanes) is 19. The highest BCUT2D eigenvalue weighted by Crippen LogP contribution is 2.25. The van der Waals surface area contributed by atoms with Crippen molar-refractivity contribution in [3.8, 4) is 0 Å². The van der Waals surface area contributed by atoms with E-state index in [0.717, 1.165) is 6.54 Å². The maximum Gasteiger partial charge on any atom is 0.101 e. The molecule has 1 aromatic carbocycles. The van der Waals surface area contributed by atoms with Crippen molar-refractivity contribution in [1.82, 2.24) is 9.80 Å². The summed E-state index contributed by atoms with van der Waals surface area (Å²) < 4.78 is 0. The Morgan fingerprint density at radius 2 is 0.919 bits per heavy atom. The fraction of sp³-hybridized carbons (Fsp3) is 0.771. The third-order valence-corrected chi connectivity index (χ3v) is 8.26. The SMILES string of the molecule is CCCCCCCCCCCCCCC1N(CCCCCCCCCCC)C=CN1Cc1ccccc1. The molecule has 0 saturated carbocycles. The molecule has 0 aliphatic carbocycles. The highest BCUT2D eigenvalue weighted by atomic mass is 15.4. The molecule has 1 unspecified atom stereocenters. The predicted octanol–water partition coefficient (Wildman–Crippen LogP) is 11.2. The first kappa shape index (κ1) is 31.8. The lowest BCUT2D eigenvalue weighted by Crippen LogP contribution is -2.38. The van der Waals surface area contributed by atoms with E-state index in [4.69, 9.17) is 0 Å². The van der Waals surface area contributed by atoms with Crippen molar-refractivity contribution in [3.63, 3.8) is 0 Å². The van der Waals surface area contributed by atoms with Crippen LogP contribution in [0.2, 0.25) is 0 Å². The Hall–Kier alpha value is -1.44. The molecule has 1 aliphatic rings. The van der Waals surface area contributed by atoms with E-state index in [1.54, 1.807) is 0 Å². The summed E-state index contributed by atoms with van der Waals surface area (Å²) >= 11 is 0. The number of hydrogen-bond acceptors (Lipinski definition) is 2. The van der Waals surface area contributed by atoms with Crippen molar-refractivity contribution >= 4 is 0 Å². The van der Waals surface area contributed by atoms with Crippen molar-refractivity contribution in [1.29, 1.82) is 0 Å². The molecule has 0 radical (unpaired) electrons. The molecule has 0 aromatic heterocycles. The first-order valence-electron chi connectivity index (χ1n) is 16.6. The minimum Gasteiger partial charge on any atom is -0.356 e. The van der Waals surface area contributed by atoms with Gasteiger partial charge in [0.05, 0.1) is 0 Å². The summed E-state index contributed by atoms with van der Waals surface area (Å²) in [6.45, 7) is 6.87. The van der Waals surface area contributed by atoms with Crippen molar-refractivity contribution in [2.45, 2.75) is 168 Å². The van der Waals surface area contributed by atoms with E-state index in [0.29, 0.717) is 6.17 Å². The van der Waals surface area contributed by atoms with Gasteiger partial charge in [-0.25, -0.2) is 0 Å². The molecule has 212 valence electrons. The fourth-order valence-corrected chi connectivity index (χ4v) is 5.84. The average Bonchev–Trinajstić information content (AvgIpc) is 3.29. The molecule has 0 bridgehead atoms. The lowest BCUT2D eigenvalue weighted by molar-refractivity contribution is 0.132. The van der Waals surface area contributed by atoms with E-state index in [1.807, 2.05) is 0 Å².